The number of esters is 1. The van der Waals surface area contributed by atoms with Gasteiger partial charge in [-0.2, -0.15) is 0 Å². The van der Waals surface area contributed by atoms with Gasteiger partial charge < -0.3 is 10.1 Å². The zero-order chi connectivity index (χ0) is 15.8. The Morgan fingerprint density at radius 3 is 2.71 bits per heavy atom. The normalized spacial score (nSPS) is 10.4. The largest absolute Gasteiger partial charge is 0.452 e. The smallest absolute Gasteiger partial charge is 0.330 e. The minimum absolute atomic E-state index is 0.0540. The molecule has 0 unspecified atom stereocenters. The number of nitrogens with zero attached hydrogens (tertiary/aromatic N) is 1. The lowest BCUT2D eigenvalue weighted by Crippen LogP contribution is -2.20. The van der Waals surface area contributed by atoms with Crippen molar-refractivity contribution in [3.63, 3.8) is 0 Å². The number of carbonyl (C=O) groups excluding carboxylic acids is 2. The lowest BCUT2D eigenvalue weighted by molar-refractivity contribution is -0.384. The van der Waals surface area contributed by atoms with Crippen molar-refractivity contribution >= 4 is 23.3 Å². The zero-order valence-corrected chi connectivity index (χ0v) is 11.8. The number of nitro groups is 1. The van der Waals surface area contributed by atoms with E-state index in [1.807, 2.05) is 6.92 Å². The van der Waals surface area contributed by atoms with Crippen LogP contribution in [0.5, 0.6) is 0 Å². The molecule has 1 N–H and O–H groups in total. The van der Waals surface area contributed by atoms with Crippen molar-refractivity contribution in [3.05, 3.63) is 46.0 Å². The molecule has 0 atom stereocenters. The molecule has 0 aromatic heterocycles. The molecular formula is C14H16N2O5. The highest BCUT2D eigenvalue weighted by molar-refractivity contribution is 5.94. The average Bonchev–Trinajstić information content (AvgIpc) is 2.44. The van der Waals surface area contributed by atoms with Crippen LogP contribution in [0.3, 0.4) is 0 Å². The molecular weight excluding hydrogens is 276 g/mol. The van der Waals surface area contributed by atoms with E-state index in [0.29, 0.717) is 17.7 Å². The summed E-state index contributed by atoms with van der Waals surface area (Å²) < 4.78 is 4.73. The van der Waals surface area contributed by atoms with Gasteiger partial charge in [0, 0.05) is 23.9 Å². The number of nitrogens with one attached hydrogen (secondary N) is 1. The van der Waals surface area contributed by atoms with E-state index in [9.17, 15) is 19.7 Å². The SMILES string of the molecule is CC/C=C/C(=O)OCC(=O)Nc1ccc([N+](=O)[O-])cc1C. The number of hydrogen-bond acceptors (Lipinski definition) is 5. The predicted octanol–water partition coefficient (Wildman–Crippen LogP) is 2.35. The topological polar surface area (TPSA) is 98.5 Å². The van der Waals surface area contributed by atoms with Crippen molar-refractivity contribution in [2.24, 2.45) is 0 Å². The molecule has 1 aromatic carbocycles. The first-order valence-electron chi connectivity index (χ1n) is 6.32. The molecule has 7 heteroatoms. The first-order valence-corrected chi connectivity index (χ1v) is 6.32. The van der Waals surface area contributed by atoms with Crippen LogP contribution in [0.15, 0.2) is 30.4 Å². The highest BCUT2D eigenvalue weighted by Gasteiger charge is 2.11. The summed E-state index contributed by atoms with van der Waals surface area (Å²) in [4.78, 5) is 32.9. The van der Waals surface area contributed by atoms with Gasteiger partial charge in [-0.25, -0.2) is 4.79 Å². The van der Waals surface area contributed by atoms with Gasteiger partial charge in [-0.05, 0) is 25.0 Å². The van der Waals surface area contributed by atoms with Crippen LogP contribution in [0.1, 0.15) is 18.9 Å². The van der Waals surface area contributed by atoms with Crippen LogP contribution >= 0.6 is 0 Å². The number of carbonyl (C=O) groups is 2. The Morgan fingerprint density at radius 1 is 1.43 bits per heavy atom. The van der Waals surface area contributed by atoms with Gasteiger partial charge in [0.2, 0.25) is 0 Å². The third-order valence-corrected chi connectivity index (χ3v) is 2.53. The van der Waals surface area contributed by atoms with Crippen LogP contribution in [0, 0.1) is 17.0 Å². The lowest BCUT2D eigenvalue weighted by atomic mass is 10.2. The number of ether oxygens (including phenoxy) is 1. The van der Waals surface area contributed by atoms with E-state index in [1.165, 1.54) is 24.3 Å². The highest BCUT2D eigenvalue weighted by Crippen LogP contribution is 2.20. The molecule has 0 radical (unpaired) electrons. The number of non-ortho nitro benzene ring substituents is 1. The molecule has 7 nitrogen and oxygen atoms in total. The van der Waals surface area contributed by atoms with Crippen LogP contribution in [0.4, 0.5) is 11.4 Å². The Labute approximate surface area is 121 Å². The van der Waals surface area contributed by atoms with E-state index in [1.54, 1.807) is 13.0 Å². The number of benzene rings is 1. The van der Waals surface area contributed by atoms with Crippen LogP contribution in [-0.4, -0.2) is 23.4 Å². The van der Waals surface area contributed by atoms with Crippen molar-refractivity contribution in [1.29, 1.82) is 0 Å². The molecule has 1 rings (SSSR count). The Morgan fingerprint density at radius 2 is 2.14 bits per heavy atom. The molecule has 0 aliphatic heterocycles. The van der Waals surface area contributed by atoms with Crippen molar-refractivity contribution in [2.75, 3.05) is 11.9 Å². The van der Waals surface area contributed by atoms with E-state index in [4.69, 9.17) is 4.74 Å². The Kier molecular flexibility index (Phi) is 6.06. The molecule has 0 saturated carbocycles. The Hall–Kier alpha value is -2.70. The first-order chi connectivity index (χ1) is 9.93. The van der Waals surface area contributed by atoms with Crippen molar-refractivity contribution in [1.82, 2.24) is 0 Å². The van der Waals surface area contributed by atoms with Crippen LogP contribution in [0.25, 0.3) is 0 Å². The summed E-state index contributed by atoms with van der Waals surface area (Å²) in [6, 6.07) is 4.08. The number of amides is 1. The Balaban J connectivity index is 2.57. The summed E-state index contributed by atoms with van der Waals surface area (Å²) in [5.74, 6) is -1.10. The number of allylic oxidation sites excluding steroid dienone is 1. The summed E-state index contributed by atoms with van der Waals surface area (Å²) in [6.07, 6.45) is 3.58. The molecule has 0 bridgehead atoms. The molecule has 0 fully saturated rings. The van der Waals surface area contributed by atoms with Gasteiger partial charge in [0.05, 0.1) is 4.92 Å². The van der Waals surface area contributed by atoms with Gasteiger partial charge in [0.25, 0.3) is 11.6 Å². The second-order valence-corrected chi connectivity index (χ2v) is 4.22. The van der Waals surface area contributed by atoms with Gasteiger partial charge in [-0.1, -0.05) is 13.0 Å². The monoisotopic (exact) mass is 292 g/mol. The van der Waals surface area contributed by atoms with Gasteiger partial charge >= 0.3 is 5.97 Å². The third-order valence-electron chi connectivity index (χ3n) is 2.53. The maximum absolute atomic E-state index is 11.6. The van der Waals surface area contributed by atoms with Crippen LogP contribution < -0.4 is 5.32 Å². The lowest BCUT2D eigenvalue weighted by Gasteiger charge is -2.08. The minimum atomic E-state index is -0.590. The molecule has 1 amide bonds. The van der Waals surface area contributed by atoms with E-state index < -0.39 is 23.4 Å². The van der Waals surface area contributed by atoms with Crippen LogP contribution in [-0.2, 0) is 14.3 Å². The molecule has 0 heterocycles. The maximum Gasteiger partial charge on any atom is 0.330 e. The quantitative estimate of drug-likeness (QED) is 0.375. The molecule has 0 saturated heterocycles. The van der Waals surface area contributed by atoms with Crippen molar-refractivity contribution in [2.45, 2.75) is 20.3 Å². The number of aryl methyl sites for hydroxylation is 1. The van der Waals surface area contributed by atoms with Gasteiger partial charge in [0.15, 0.2) is 6.61 Å². The molecule has 0 spiro atoms. The summed E-state index contributed by atoms with van der Waals surface area (Å²) in [6.45, 7) is 3.09. The summed E-state index contributed by atoms with van der Waals surface area (Å²) >= 11 is 0. The zero-order valence-electron chi connectivity index (χ0n) is 11.8. The fraction of sp³-hybridized carbons (Fsp3) is 0.286. The number of hydrogen-bond donors (Lipinski definition) is 1. The molecule has 0 aliphatic rings. The Bertz CT molecular complexity index is 581. The number of rotatable bonds is 6. The fourth-order valence-corrected chi connectivity index (χ4v) is 1.49. The summed E-state index contributed by atoms with van der Waals surface area (Å²) in [5, 5.41) is 13.1. The van der Waals surface area contributed by atoms with Crippen LogP contribution in [0.2, 0.25) is 0 Å². The van der Waals surface area contributed by atoms with E-state index in [2.05, 4.69) is 5.32 Å². The second kappa shape index (κ2) is 7.78. The third kappa shape index (κ3) is 5.43. The van der Waals surface area contributed by atoms with Crippen molar-refractivity contribution in [3.8, 4) is 0 Å². The fourth-order valence-electron chi connectivity index (χ4n) is 1.49. The maximum atomic E-state index is 11.6. The summed E-state index contributed by atoms with van der Waals surface area (Å²) in [5.41, 5.74) is 0.933. The van der Waals surface area contributed by atoms with Crippen molar-refractivity contribution < 1.29 is 19.2 Å². The molecule has 1 aromatic rings. The van der Waals surface area contributed by atoms with Gasteiger partial charge in [0.1, 0.15) is 0 Å². The molecule has 21 heavy (non-hydrogen) atoms. The van der Waals surface area contributed by atoms with E-state index in [-0.39, 0.29) is 5.69 Å². The number of nitro benzene ring substituents is 1. The first kappa shape index (κ1) is 16.4. The second-order valence-electron chi connectivity index (χ2n) is 4.22. The van der Waals surface area contributed by atoms with E-state index >= 15 is 0 Å². The standard InChI is InChI=1S/C14H16N2O5/c1-3-4-5-14(18)21-9-13(17)15-12-7-6-11(16(19)20)8-10(12)2/h4-8H,3,9H2,1-2H3,(H,15,17)/b5-4+. The summed E-state index contributed by atoms with van der Waals surface area (Å²) in [7, 11) is 0. The highest BCUT2D eigenvalue weighted by atomic mass is 16.6. The average molecular weight is 292 g/mol. The predicted molar refractivity (Wildman–Crippen MR) is 76.9 cm³/mol. The van der Waals surface area contributed by atoms with Gasteiger partial charge in [-0.3, -0.25) is 14.9 Å². The number of anilines is 1. The van der Waals surface area contributed by atoms with E-state index in [0.717, 1.165) is 0 Å². The molecule has 0 aliphatic carbocycles. The van der Waals surface area contributed by atoms with Gasteiger partial charge in [-0.15, -0.1) is 0 Å². The minimum Gasteiger partial charge on any atom is -0.452 e. The molecule has 112 valence electrons.